The van der Waals surface area contributed by atoms with Crippen molar-refractivity contribution in [1.29, 1.82) is 5.26 Å². The number of hydrogen-bond acceptors (Lipinski definition) is 5. The lowest BCUT2D eigenvalue weighted by Crippen LogP contribution is -2.11. The van der Waals surface area contributed by atoms with E-state index in [0.717, 1.165) is 7.11 Å². The van der Waals surface area contributed by atoms with E-state index in [1.165, 1.54) is 6.07 Å². The molecule has 0 radical (unpaired) electrons. The van der Waals surface area contributed by atoms with Crippen LogP contribution in [-0.4, -0.2) is 26.3 Å². The number of nitriles is 1. The van der Waals surface area contributed by atoms with E-state index in [-0.39, 0.29) is 30.3 Å². The lowest BCUT2D eigenvalue weighted by Gasteiger charge is -2.14. The maximum absolute atomic E-state index is 14.3. The molecule has 0 atom stereocenters. The van der Waals surface area contributed by atoms with Gasteiger partial charge in [-0.15, -0.1) is 0 Å². The smallest absolute Gasteiger partial charge is 0.342 e. The van der Waals surface area contributed by atoms with Crippen molar-refractivity contribution in [3.63, 3.8) is 0 Å². The van der Waals surface area contributed by atoms with Crippen molar-refractivity contribution in [2.24, 2.45) is 0 Å². The zero-order chi connectivity index (χ0) is 14.4. The first-order valence-electron chi connectivity index (χ1n) is 5.71. The van der Waals surface area contributed by atoms with Gasteiger partial charge in [-0.05, 0) is 13.8 Å². The van der Waals surface area contributed by atoms with E-state index < -0.39 is 17.3 Å². The van der Waals surface area contributed by atoms with Crippen LogP contribution < -0.4 is 9.47 Å². The number of carbonyl (C=O) groups excluding carboxylic acids is 1. The van der Waals surface area contributed by atoms with Crippen LogP contribution in [-0.2, 0) is 4.74 Å². The molecule has 0 aliphatic rings. The summed E-state index contributed by atoms with van der Waals surface area (Å²) in [5.41, 5.74) is -0.604. The van der Waals surface area contributed by atoms with Crippen molar-refractivity contribution in [2.45, 2.75) is 13.8 Å². The normalized spacial score (nSPS) is 9.63. The largest absolute Gasteiger partial charge is 0.490 e. The number of rotatable bonds is 5. The van der Waals surface area contributed by atoms with E-state index in [1.807, 2.05) is 0 Å². The molecule has 0 N–H and O–H groups in total. The highest BCUT2D eigenvalue weighted by Gasteiger charge is 2.25. The Labute approximate surface area is 110 Å². The Kier molecular flexibility index (Phi) is 5.12. The molecule has 0 aliphatic heterocycles. The molecule has 0 spiro atoms. The Morgan fingerprint density at radius 3 is 2.47 bits per heavy atom. The summed E-state index contributed by atoms with van der Waals surface area (Å²) >= 11 is 0. The predicted octanol–water partition coefficient (Wildman–Crippen LogP) is 2.28. The lowest BCUT2D eigenvalue weighted by molar-refractivity contribution is 0.0594. The average Bonchev–Trinajstić information content (AvgIpc) is 2.41. The highest BCUT2D eigenvalue weighted by Crippen LogP contribution is 2.35. The number of halogens is 1. The summed E-state index contributed by atoms with van der Waals surface area (Å²) in [5.74, 6) is -1.98. The summed E-state index contributed by atoms with van der Waals surface area (Å²) in [5, 5.41) is 8.98. The third-order valence-electron chi connectivity index (χ3n) is 2.29. The first-order valence-corrected chi connectivity index (χ1v) is 5.71. The maximum atomic E-state index is 14.3. The summed E-state index contributed by atoms with van der Waals surface area (Å²) in [6.45, 7) is 3.87. The van der Waals surface area contributed by atoms with Gasteiger partial charge >= 0.3 is 5.97 Å². The Morgan fingerprint density at radius 1 is 1.37 bits per heavy atom. The molecule has 0 aliphatic carbocycles. The van der Waals surface area contributed by atoms with E-state index in [0.29, 0.717) is 0 Å². The molecule has 0 saturated carbocycles. The van der Waals surface area contributed by atoms with Crippen LogP contribution in [0.15, 0.2) is 6.07 Å². The molecule has 0 amide bonds. The van der Waals surface area contributed by atoms with Crippen LogP contribution in [0.3, 0.4) is 0 Å². The number of ether oxygens (including phenoxy) is 3. The van der Waals surface area contributed by atoms with Crippen LogP contribution in [0.25, 0.3) is 0 Å². The minimum Gasteiger partial charge on any atom is -0.490 e. The topological polar surface area (TPSA) is 68.5 Å². The fourth-order valence-corrected chi connectivity index (χ4v) is 1.54. The number of carbonyl (C=O) groups is 1. The molecule has 6 heteroatoms. The van der Waals surface area contributed by atoms with Gasteiger partial charge in [0.1, 0.15) is 11.6 Å². The van der Waals surface area contributed by atoms with Crippen molar-refractivity contribution in [3.8, 4) is 17.6 Å². The molecule has 0 heterocycles. The Hall–Kier alpha value is -2.29. The van der Waals surface area contributed by atoms with Crippen molar-refractivity contribution >= 4 is 5.97 Å². The highest BCUT2D eigenvalue weighted by molar-refractivity contribution is 5.93. The average molecular weight is 267 g/mol. The van der Waals surface area contributed by atoms with Crippen molar-refractivity contribution < 1.29 is 23.4 Å². The minimum absolute atomic E-state index is 0.0889. The number of methoxy groups -OCH3 is 1. The number of hydrogen-bond donors (Lipinski definition) is 0. The second kappa shape index (κ2) is 6.59. The van der Waals surface area contributed by atoms with Crippen LogP contribution >= 0.6 is 0 Å². The van der Waals surface area contributed by atoms with Gasteiger partial charge in [-0.2, -0.15) is 5.26 Å². The van der Waals surface area contributed by atoms with Crippen molar-refractivity contribution in [3.05, 3.63) is 23.0 Å². The SMILES string of the molecule is CCOc1cc(C#N)c(C(=O)OC)c(F)c1OCC. The predicted molar refractivity (Wildman–Crippen MR) is 64.8 cm³/mol. The van der Waals surface area contributed by atoms with Gasteiger partial charge in [0.2, 0.25) is 0 Å². The Balaban J connectivity index is 3.52. The first kappa shape index (κ1) is 14.8. The highest BCUT2D eigenvalue weighted by atomic mass is 19.1. The molecule has 5 nitrogen and oxygen atoms in total. The summed E-state index contributed by atoms with van der Waals surface area (Å²) in [4.78, 5) is 11.5. The molecule has 0 bridgehead atoms. The van der Waals surface area contributed by atoms with Gasteiger partial charge in [0.25, 0.3) is 0 Å². The van der Waals surface area contributed by atoms with E-state index in [1.54, 1.807) is 19.9 Å². The molecule has 1 rings (SSSR count). The zero-order valence-corrected chi connectivity index (χ0v) is 10.9. The van der Waals surface area contributed by atoms with Gasteiger partial charge in [-0.3, -0.25) is 0 Å². The zero-order valence-electron chi connectivity index (χ0n) is 10.9. The molecule has 0 fully saturated rings. The van der Waals surface area contributed by atoms with Gasteiger partial charge in [0.15, 0.2) is 17.3 Å². The first-order chi connectivity index (χ1) is 9.10. The Morgan fingerprint density at radius 2 is 2.00 bits per heavy atom. The standard InChI is InChI=1S/C13H14FNO4/c1-4-18-9-6-8(7-15)10(13(16)17-3)11(14)12(9)19-5-2/h6H,4-5H2,1-3H3. The van der Waals surface area contributed by atoms with E-state index in [4.69, 9.17) is 14.7 Å². The summed E-state index contributed by atoms with van der Waals surface area (Å²) in [6, 6.07) is 3.01. The monoisotopic (exact) mass is 267 g/mol. The van der Waals surface area contributed by atoms with Gasteiger partial charge in [0, 0.05) is 6.07 Å². The van der Waals surface area contributed by atoms with Gasteiger partial charge in [0.05, 0.1) is 25.9 Å². The summed E-state index contributed by atoms with van der Waals surface area (Å²) < 4.78 is 29.1. The summed E-state index contributed by atoms with van der Waals surface area (Å²) in [6.07, 6.45) is 0. The summed E-state index contributed by atoms with van der Waals surface area (Å²) in [7, 11) is 1.11. The van der Waals surface area contributed by atoms with Gasteiger partial charge in [-0.25, -0.2) is 9.18 Å². The third-order valence-corrected chi connectivity index (χ3v) is 2.29. The molecule has 0 unspecified atom stereocenters. The second-order valence-electron chi connectivity index (χ2n) is 3.41. The molecular weight excluding hydrogens is 253 g/mol. The quantitative estimate of drug-likeness (QED) is 0.765. The number of nitrogens with zero attached hydrogens (tertiary/aromatic N) is 1. The van der Waals surface area contributed by atoms with E-state index in [2.05, 4.69) is 4.74 Å². The van der Waals surface area contributed by atoms with Gasteiger partial charge in [-0.1, -0.05) is 0 Å². The third kappa shape index (κ3) is 2.94. The Bertz CT molecular complexity index is 522. The number of benzene rings is 1. The molecule has 1 aromatic rings. The number of esters is 1. The molecular formula is C13H14FNO4. The second-order valence-corrected chi connectivity index (χ2v) is 3.41. The molecule has 0 aromatic heterocycles. The van der Waals surface area contributed by atoms with Crippen LogP contribution in [0, 0.1) is 17.1 Å². The van der Waals surface area contributed by atoms with Crippen LogP contribution in [0.2, 0.25) is 0 Å². The van der Waals surface area contributed by atoms with Gasteiger partial charge < -0.3 is 14.2 Å². The molecule has 19 heavy (non-hydrogen) atoms. The molecule has 1 aromatic carbocycles. The molecule has 0 saturated heterocycles. The fraction of sp³-hybridized carbons (Fsp3) is 0.385. The van der Waals surface area contributed by atoms with Crippen LogP contribution in [0.4, 0.5) is 4.39 Å². The minimum atomic E-state index is -0.948. The van der Waals surface area contributed by atoms with Crippen molar-refractivity contribution in [2.75, 3.05) is 20.3 Å². The van der Waals surface area contributed by atoms with E-state index >= 15 is 0 Å². The maximum Gasteiger partial charge on any atom is 0.342 e. The molecule has 102 valence electrons. The van der Waals surface area contributed by atoms with E-state index in [9.17, 15) is 9.18 Å². The van der Waals surface area contributed by atoms with Crippen molar-refractivity contribution in [1.82, 2.24) is 0 Å². The van der Waals surface area contributed by atoms with Crippen LogP contribution in [0.1, 0.15) is 29.8 Å². The van der Waals surface area contributed by atoms with Crippen LogP contribution in [0.5, 0.6) is 11.5 Å². The lowest BCUT2D eigenvalue weighted by atomic mass is 10.1. The fourth-order valence-electron chi connectivity index (χ4n) is 1.54.